The minimum atomic E-state index is -0.233. The van der Waals surface area contributed by atoms with Gasteiger partial charge in [0.25, 0.3) is 11.8 Å². The summed E-state index contributed by atoms with van der Waals surface area (Å²) in [5.74, 6) is 1.10. The van der Waals surface area contributed by atoms with Crippen LogP contribution in [0.5, 0.6) is 11.5 Å². The molecule has 4 heterocycles. The maximum absolute atomic E-state index is 12.7. The first kappa shape index (κ1) is 21.2. The number of benzene rings is 1. The molecule has 0 radical (unpaired) electrons. The summed E-state index contributed by atoms with van der Waals surface area (Å²) < 4.78 is 10.7. The van der Waals surface area contributed by atoms with Crippen LogP contribution in [0.2, 0.25) is 0 Å². The van der Waals surface area contributed by atoms with Crippen molar-refractivity contribution in [2.75, 3.05) is 26.4 Å². The lowest BCUT2D eigenvalue weighted by Crippen LogP contribution is -2.36. The number of carbonyl (C=O) groups excluding carboxylic acids is 2. The molecule has 1 fully saturated rings. The standard InChI is InChI=1S/C21H22N4O4.C2H6/c26-20-16-10-18-19(29-13-28-18)11-17(16)21(27)25(20)9-5-14-3-7-24(8-4-14)12-15-2-1-6-22-23-15;1-2/h1-2,6,10-11,14H,3-5,7-9,12-13H2;1-2H3. The minimum Gasteiger partial charge on any atom is -0.454 e. The van der Waals surface area contributed by atoms with Crippen molar-refractivity contribution in [2.24, 2.45) is 5.92 Å². The van der Waals surface area contributed by atoms with Gasteiger partial charge in [0.1, 0.15) is 0 Å². The lowest BCUT2D eigenvalue weighted by Gasteiger charge is -2.32. The van der Waals surface area contributed by atoms with E-state index in [9.17, 15) is 9.59 Å². The van der Waals surface area contributed by atoms with E-state index in [4.69, 9.17) is 9.47 Å². The Balaban J connectivity index is 0.00000112. The van der Waals surface area contributed by atoms with Gasteiger partial charge >= 0.3 is 0 Å². The van der Waals surface area contributed by atoms with Crippen molar-refractivity contribution < 1.29 is 19.1 Å². The molecule has 0 N–H and O–H groups in total. The summed E-state index contributed by atoms with van der Waals surface area (Å²) in [4.78, 5) is 29.2. The molecule has 0 atom stereocenters. The molecule has 3 aliphatic heterocycles. The molecule has 0 saturated carbocycles. The third kappa shape index (κ3) is 4.39. The van der Waals surface area contributed by atoms with E-state index in [2.05, 4.69) is 15.1 Å². The van der Waals surface area contributed by atoms with Gasteiger partial charge in [0, 0.05) is 19.3 Å². The zero-order valence-corrected chi connectivity index (χ0v) is 18.0. The van der Waals surface area contributed by atoms with Crippen molar-refractivity contribution in [1.82, 2.24) is 20.0 Å². The lowest BCUT2D eigenvalue weighted by atomic mass is 9.93. The Morgan fingerprint density at radius 1 is 1.03 bits per heavy atom. The zero-order valence-electron chi connectivity index (χ0n) is 18.0. The number of imide groups is 1. The average Bonchev–Trinajstić information content (AvgIpc) is 3.37. The maximum Gasteiger partial charge on any atom is 0.261 e. The van der Waals surface area contributed by atoms with E-state index in [1.165, 1.54) is 4.90 Å². The molecule has 31 heavy (non-hydrogen) atoms. The smallest absolute Gasteiger partial charge is 0.261 e. The van der Waals surface area contributed by atoms with E-state index < -0.39 is 0 Å². The summed E-state index contributed by atoms with van der Waals surface area (Å²) >= 11 is 0. The van der Waals surface area contributed by atoms with Gasteiger partial charge in [-0.05, 0) is 62.5 Å². The van der Waals surface area contributed by atoms with Crippen LogP contribution in [0.4, 0.5) is 0 Å². The molecule has 0 aliphatic carbocycles. The second kappa shape index (κ2) is 9.43. The van der Waals surface area contributed by atoms with Crippen LogP contribution in [-0.2, 0) is 6.54 Å². The van der Waals surface area contributed by atoms with Crippen molar-refractivity contribution in [3.8, 4) is 11.5 Å². The highest BCUT2D eigenvalue weighted by Crippen LogP contribution is 2.38. The molecule has 2 aromatic rings. The fraction of sp³-hybridized carbons (Fsp3) is 0.478. The third-order valence-corrected chi connectivity index (χ3v) is 5.95. The van der Waals surface area contributed by atoms with E-state index in [1.54, 1.807) is 18.3 Å². The predicted molar refractivity (Wildman–Crippen MR) is 114 cm³/mol. The molecule has 1 aromatic heterocycles. The van der Waals surface area contributed by atoms with Crippen LogP contribution in [-0.4, -0.2) is 58.2 Å². The molecule has 8 heteroatoms. The summed E-state index contributed by atoms with van der Waals surface area (Å²) in [6.45, 7) is 7.37. The number of amides is 2. The van der Waals surface area contributed by atoms with Gasteiger partial charge < -0.3 is 9.47 Å². The molecule has 2 amide bonds. The molecule has 3 aliphatic rings. The Hall–Kier alpha value is -3.00. The molecular weight excluding hydrogens is 396 g/mol. The Labute approximate surface area is 182 Å². The van der Waals surface area contributed by atoms with Crippen LogP contribution >= 0.6 is 0 Å². The summed E-state index contributed by atoms with van der Waals surface area (Å²) in [6.07, 6.45) is 4.62. The highest BCUT2D eigenvalue weighted by atomic mass is 16.7. The van der Waals surface area contributed by atoms with E-state index in [-0.39, 0.29) is 18.6 Å². The summed E-state index contributed by atoms with van der Waals surface area (Å²) in [5.41, 5.74) is 1.81. The molecular formula is C23H28N4O4. The van der Waals surface area contributed by atoms with Gasteiger partial charge in [-0.15, -0.1) is 0 Å². The van der Waals surface area contributed by atoms with Gasteiger partial charge in [-0.1, -0.05) is 13.8 Å². The van der Waals surface area contributed by atoms with Crippen LogP contribution in [0.1, 0.15) is 59.5 Å². The fourth-order valence-electron chi connectivity index (χ4n) is 4.27. The van der Waals surface area contributed by atoms with Gasteiger partial charge in [-0.2, -0.15) is 10.2 Å². The fourth-order valence-corrected chi connectivity index (χ4v) is 4.27. The van der Waals surface area contributed by atoms with Gasteiger partial charge in [0.05, 0.1) is 16.8 Å². The maximum atomic E-state index is 12.7. The van der Waals surface area contributed by atoms with Crippen LogP contribution in [0.3, 0.4) is 0 Å². The highest BCUT2D eigenvalue weighted by Gasteiger charge is 2.38. The number of carbonyl (C=O) groups is 2. The molecule has 0 unspecified atom stereocenters. The first-order valence-corrected chi connectivity index (χ1v) is 11.0. The van der Waals surface area contributed by atoms with Crippen LogP contribution in [0.25, 0.3) is 0 Å². The number of likely N-dealkylation sites (tertiary alicyclic amines) is 1. The normalized spacial score (nSPS) is 18.1. The van der Waals surface area contributed by atoms with Crippen molar-refractivity contribution in [2.45, 2.75) is 39.7 Å². The Morgan fingerprint density at radius 2 is 1.68 bits per heavy atom. The topological polar surface area (TPSA) is 84.9 Å². The van der Waals surface area contributed by atoms with Gasteiger partial charge in [-0.25, -0.2) is 0 Å². The highest BCUT2D eigenvalue weighted by molar-refractivity contribution is 6.21. The summed E-state index contributed by atoms with van der Waals surface area (Å²) in [7, 11) is 0. The SMILES string of the molecule is CC.O=C1c2cc3c(cc2C(=O)N1CCC1CCN(Cc2cccnn2)CC1)OCO3. The first-order valence-electron chi connectivity index (χ1n) is 11.0. The number of piperidine rings is 1. The first-order chi connectivity index (χ1) is 15.2. The summed E-state index contributed by atoms with van der Waals surface area (Å²) in [5, 5.41) is 8.08. The van der Waals surface area contributed by atoms with Gasteiger partial charge in [-0.3, -0.25) is 19.4 Å². The number of hydrogen-bond donors (Lipinski definition) is 0. The number of ether oxygens (including phenoxy) is 2. The van der Waals surface area contributed by atoms with Crippen molar-refractivity contribution in [3.63, 3.8) is 0 Å². The van der Waals surface area contributed by atoms with Crippen molar-refractivity contribution in [3.05, 3.63) is 47.3 Å². The van der Waals surface area contributed by atoms with Crippen molar-refractivity contribution in [1.29, 1.82) is 0 Å². The van der Waals surface area contributed by atoms with E-state index in [0.717, 1.165) is 44.6 Å². The Bertz CT molecular complexity index is 899. The summed E-state index contributed by atoms with van der Waals surface area (Å²) in [6, 6.07) is 7.16. The Kier molecular flexibility index (Phi) is 6.46. The second-order valence-corrected chi connectivity index (χ2v) is 7.74. The third-order valence-electron chi connectivity index (χ3n) is 5.95. The second-order valence-electron chi connectivity index (χ2n) is 7.74. The quantitative estimate of drug-likeness (QED) is 0.682. The average molecular weight is 425 g/mol. The van der Waals surface area contributed by atoms with Gasteiger partial charge in [0.2, 0.25) is 6.79 Å². The monoisotopic (exact) mass is 424 g/mol. The number of fused-ring (bicyclic) bond motifs is 2. The molecule has 1 aromatic carbocycles. The number of hydrogen-bond acceptors (Lipinski definition) is 7. The molecule has 0 spiro atoms. The number of rotatable bonds is 5. The minimum absolute atomic E-state index is 0.125. The van der Waals surface area contributed by atoms with Crippen LogP contribution < -0.4 is 9.47 Å². The molecule has 1 saturated heterocycles. The van der Waals surface area contributed by atoms with E-state index in [0.29, 0.717) is 35.1 Å². The van der Waals surface area contributed by atoms with Crippen LogP contribution in [0, 0.1) is 5.92 Å². The van der Waals surface area contributed by atoms with Gasteiger partial charge in [0.15, 0.2) is 11.5 Å². The molecule has 164 valence electrons. The lowest BCUT2D eigenvalue weighted by molar-refractivity contribution is 0.0635. The zero-order chi connectivity index (χ0) is 21.8. The van der Waals surface area contributed by atoms with Crippen molar-refractivity contribution >= 4 is 11.8 Å². The predicted octanol–water partition coefficient (Wildman–Crippen LogP) is 3.13. The van der Waals surface area contributed by atoms with E-state index in [1.807, 2.05) is 26.0 Å². The number of nitrogens with zero attached hydrogens (tertiary/aromatic N) is 4. The van der Waals surface area contributed by atoms with Crippen LogP contribution in [0.15, 0.2) is 30.5 Å². The molecule has 0 bridgehead atoms. The number of aromatic nitrogens is 2. The molecule has 8 nitrogen and oxygen atoms in total. The molecule has 5 rings (SSSR count). The van der Waals surface area contributed by atoms with E-state index >= 15 is 0 Å². The Morgan fingerprint density at radius 3 is 2.26 bits per heavy atom. The largest absolute Gasteiger partial charge is 0.454 e.